The molecule has 2 rings (SSSR count). The van der Waals surface area contributed by atoms with Crippen LogP contribution < -0.4 is 0 Å². The highest BCUT2D eigenvalue weighted by Gasteiger charge is 2.04. The van der Waals surface area contributed by atoms with Crippen LogP contribution in [0.1, 0.15) is 5.69 Å². The molecular formula is C9H7ClN2O. The van der Waals surface area contributed by atoms with Crippen LogP contribution >= 0.6 is 11.6 Å². The van der Waals surface area contributed by atoms with Crippen LogP contribution in [0.2, 0.25) is 5.15 Å². The van der Waals surface area contributed by atoms with Gasteiger partial charge in [-0.1, -0.05) is 11.6 Å². The van der Waals surface area contributed by atoms with Crippen LogP contribution in [0.5, 0.6) is 0 Å². The minimum absolute atomic E-state index is 0.438. The predicted molar refractivity (Wildman–Crippen MR) is 49.5 cm³/mol. The van der Waals surface area contributed by atoms with Gasteiger partial charge in [-0.25, -0.2) is 9.97 Å². The molecule has 2 aromatic heterocycles. The molecule has 0 aliphatic carbocycles. The van der Waals surface area contributed by atoms with E-state index >= 15 is 0 Å². The summed E-state index contributed by atoms with van der Waals surface area (Å²) in [7, 11) is 0. The molecule has 0 saturated carbocycles. The van der Waals surface area contributed by atoms with Crippen molar-refractivity contribution >= 4 is 11.6 Å². The molecule has 4 heteroatoms. The molecule has 66 valence electrons. The van der Waals surface area contributed by atoms with E-state index in [0.717, 1.165) is 11.3 Å². The third-order valence-corrected chi connectivity index (χ3v) is 1.80. The average Bonchev–Trinajstić information content (AvgIpc) is 2.52. The Morgan fingerprint density at radius 2 is 2.31 bits per heavy atom. The summed E-state index contributed by atoms with van der Waals surface area (Å²) >= 11 is 5.72. The van der Waals surface area contributed by atoms with Crippen LogP contribution in [0.4, 0.5) is 0 Å². The number of aryl methyl sites for hydroxylation is 1. The maximum absolute atomic E-state index is 5.72. The van der Waals surface area contributed by atoms with Gasteiger partial charge in [-0.2, -0.15) is 0 Å². The summed E-state index contributed by atoms with van der Waals surface area (Å²) in [6.07, 6.45) is 3.22. The van der Waals surface area contributed by atoms with Gasteiger partial charge in [-0.15, -0.1) is 0 Å². The normalized spacial score (nSPS) is 10.3. The Morgan fingerprint density at radius 1 is 1.46 bits per heavy atom. The molecule has 0 fully saturated rings. The average molecular weight is 195 g/mol. The van der Waals surface area contributed by atoms with Crippen LogP contribution in [0.25, 0.3) is 11.5 Å². The molecular weight excluding hydrogens is 188 g/mol. The number of hydrogen-bond acceptors (Lipinski definition) is 3. The Hall–Kier alpha value is -1.35. The summed E-state index contributed by atoms with van der Waals surface area (Å²) in [5, 5.41) is 0.438. The summed E-state index contributed by atoms with van der Waals surface area (Å²) < 4.78 is 5.21. The maximum Gasteiger partial charge on any atom is 0.226 e. The molecule has 0 aliphatic heterocycles. The molecule has 0 atom stereocenters. The van der Waals surface area contributed by atoms with Gasteiger partial charge in [0, 0.05) is 11.8 Å². The van der Waals surface area contributed by atoms with Crippen molar-refractivity contribution in [2.75, 3.05) is 0 Å². The van der Waals surface area contributed by atoms with E-state index in [-0.39, 0.29) is 0 Å². The van der Waals surface area contributed by atoms with Crippen LogP contribution in [-0.2, 0) is 0 Å². The fourth-order valence-corrected chi connectivity index (χ4v) is 1.20. The summed E-state index contributed by atoms with van der Waals surface area (Å²) in [4.78, 5) is 8.04. The molecule has 0 radical (unpaired) electrons. The molecule has 0 aromatic carbocycles. The van der Waals surface area contributed by atoms with Crippen molar-refractivity contribution in [3.05, 3.63) is 35.4 Å². The SMILES string of the molecule is Cc1coc(-c2ccnc(Cl)c2)n1. The number of nitrogens with zero attached hydrogens (tertiary/aromatic N) is 2. The molecule has 0 unspecified atom stereocenters. The number of pyridine rings is 1. The smallest absolute Gasteiger partial charge is 0.226 e. The molecule has 0 N–H and O–H groups in total. The van der Waals surface area contributed by atoms with E-state index in [1.54, 1.807) is 24.6 Å². The number of oxazole rings is 1. The lowest BCUT2D eigenvalue weighted by Crippen LogP contribution is -1.80. The van der Waals surface area contributed by atoms with Gasteiger partial charge in [0.25, 0.3) is 0 Å². The Labute approximate surface area is 80.4 Å². The lowest BCUT2D eigenvalue weighted by Gasteiger charge is -1.93. The molecule has 0 saturated heterocycles. The van der Waals surface area contributed by atoms with Crippen molar-refractivity contribution < 1.29 is 4.42 Å². The molecule has 0 spiro atoms. The first-order chi connectivity index (χ1) is 6.25. The van der Waals surface area contributed by atoms with Crippen molar-refractivity contribution in [1.29, 1.82) is 0 Å². The van der Waals surface area contributed by atoms with Crippen LogP contribution in [0.15, 0.2) is 29.0 Å². The van der Waals surface area contributed by atoms with E-state index in [9.17, 15) is 0 Å². The van der Waals surface area contributed by atoms with Crippen molar-refractivity contribution in [2.45, 2.75) is 6.92 Å². The third-order valence-electron chi connectivity index (χ3n) is 1.59. The standard InChI is InChI=1S/C9H7ClN2O/c1-6-5-13-9(12-6)7-2-3-11-8(10)4-7/h2-5H,1H3. The van der Waals surface area contributed by atoms with E-state index in [1.807, 2.05) is 6.92 Å². The largest absolute Gasteiger partial charge is 0.444 e. The van der Waals surface area contributed by atoms with E-state index < -0.39 is 0 Å². The van der Waals surface area contributed by atoms with Gasteiger partial charge >= 0.3 is 0 Å². The van der Waals surface area contributed by atoms with Gasteiger partial charge < -0.3 is 4.42 Å². The Balaban J connectivity index is 2.46. The highest BCUT2D eigenvalue weighted by molar-refractivity contribution is 6.29. The van der Waals surface area contributed by atoms with E-state index in [1.165, 1.54) is 0 Å². The van der Waals surface area contributed by atoms with Gasteiger partial charge in [0.15, 0.2) is 0 Å². The third kappa shape index (κ3) is 1.70. The first-order valence-electron chi connectivity index (χ1n) is 3.80. The highest BCUT2D eigenvalue weighted by Crippen LogP contribution is 2.19. The Kier molecular flexibility index (Phi) is 2.02. The van der Waals surface area contributed by atoms with E-state index in [4.69, 9.17) is 16.0 Å². The number of rotatable bonds is 1. The van der Waals surface area contributed by atoms with Crippen LogP contribution in [0, 0.1) is 6.92 Å². The van der Waals surface area contributed by atoms with Crippen LogP contribution in [-0.4, -0.2) is 9.97 Å². The minimum atomic E-state index is 0.438. The molecule has 0 aliphatic rings. The van der Waals surface area contributed by atoms with Crippen molar-refractivity contribution in [3.63, 3.8) is 0 Å². The molecule has 2 aromatic rings. The summed E-state index contributed by atoms with van der Waals surface area (Å²) in [5.41, 5.74) is 1.69. The fraction of sp³-hybridized carbons (Fsp3) is 0.111. The highest BCUT2D eigenvalue weighted by atomic mass is 35.5. The quantitative estimate of drug-likeness (QED) is 0.656. The van der Waals surface area contributed by atoms with E-state index in [2.05, 4.69) is 9.97 Å². The molecule has 0 amide bonds. The zero-order valence-electron chi connectivity index (χ0n) is 6.99. The molecule has 2 heterocycles. The van der Waals surface area contributed by atoms with Crippen molar-refractivity contribution in [1.82, 2.24) is 9.97 Å². The van der Waals surface area contributed by atoms with E-state index in [0.29, 0.717) is 11.0 Å². The maximum atomic E-state index is 5.72. The summed E-state index contributed by atoms with van der Waals surface area (Å²) in [5.74, 6) is 0.571. The topological polar surface area (TPSA) is 38.9 Å². The second-order valence-corrected chi connectivity index (χ2v) is 3.05. The van der Waals surface area contributed by atoms with Gasteiger partial charge in [-0.05, 0) is 19.1 Å². The lowest BCUT2D eigenvalue weighted by molar-refractivity contribution is 0.573. The number of aromatic nitrogens is 2. The first kappa shape index (κ1) is 8.26. The monoisotopic (exact) mass is 194 g/mol. The lowest BCUT2D eigenvalue weighted by atomic mass is 10.3. The first-order valence-corrected chi connectivity index (χ1v) is 4.17. The predicted octanol–water partition coefficient (Wildman–Crippen LogP) is 2.70. The number of hydrogen-bond donors (Lipinski definition) is 0. The second kappa shape index (κ2) is 3.18. The Bertz CT molecular complexity index is 425. The summed E-state index contributed by atoms with van der Waals surface area (Å²) in [6.45, 7) is 1.87. The van der Waals surface area contributed by atoms with Gasteiger partial charge in [0.1, 0.15) is 11.4 Å². The zero-order valence-corrected chi connectivity index (χ0v) is 7.75. The van der Waals surface area contributed by atoms with Gasteiger partial charge in [0.05, 0.1) is 5.69 Å². The molecule has 13 heavy (non-hydrogen) atoms. The van der Waals surface area contributed by atoms with Crippen LogP contribution in [0.3, 0.4) is 0 Å². The minimum Gasteiger partial charge on any atom is -0.444 e. The van der Waals surface area contributed by atoms with Gasteiger partial charge in [-0.3, -0.25) is 0 Å². The van der Waals surface area contributed by atoms with Crippen molar-refractivity contribution in [3.8, 4) is 11.5 Å². The summed E-state index contributed by atoms with van der Waals surface area (Å²) in [6, 6.07) is 3.52. The van der Waals surface area contributed by atoms with Gasteiger partial charge in [0.2, 0.25) is 5.89 Å². The van der Waals surface area contributed by atoms with Crippen molar-refractivity contribution in [2.24, 2.45) is 0 Å². The molecule has 3 nitrogen and oxygen atoms in total. The zero-order chi connectivity index (χ0) is 9.26. The second-order valence-electron chi connectivity index (χ2n) is 2.66. The number of halogens is 1. The Morgan fingerprint density at radius 3 is 2.92 bits per heavy atom. The fourth-order valence-electron chi connectivity index (χ4n) is 1.02. The molecule has 0 bridgehead atoms.